The third-order valence-corrected chi connectivity index (χ3v) is 6.12. The zero-order valence-electron chi connectivity index (χ0n) is 13.7. The van der Waals surface area contributed by atoms with E-state index in [-0.39, 0.29) is 5.25 Å². The van der Waals surface area contributed by atoms with Crippen LogP contribution in [0.15, 0.2) is 24.3 Å². The zero-order chi connectivity index (χ0) is 16.0. The standard InChI is InChI=1S/C13H19N.C4H10O2S/c1-2-10-4-3-5-13(10)11-6-8-12(14)9-7-11;1-4(2)7(3,5)6/h6-10,13H,2-5,14H2,1H3;4H,1-3H3. The maximum absolute atomic E-state index is 10.3. The van der Waals surface area contributed by atoms with Crippen LogP contribution in [-0.2, 0) is 9.84 Å². The molecule has 21 heavy (non-hydrogen) atoms. The Balaban J connectivity index is 0.000000270. The number of hydrogen-bond donors (Lipinski definition) is 1. The van der Waals surface area contributed by atoms with Crippen molar-refractivity contribution in [3.63, 3.8) is 0 Å². The summed E-state index contributed by atoms with van der Waals surface area (Å²) in [6.07, 6.45) is 6.72. The van der Waals surface area contributed by atoms with Gasteiger partial charge in [0.2, 0.25) is 0 Å². The molecule has 120 valence electrons. The van der Waals surface area contributed by atoms with Crippen molar-refractivity contribution in [1.82, 2.24) is 0 Å². The van der Waals surface area contributed by atoms with E-state index in [1.54, 1.807) is 13.8 Å². The summed E-state index contributed by atoms with van der Waals surface area (Å²) in [7, 11) is -2.74. The summed E-state index contributed by atoms with van der Waals surface area (Å²) in [5, 5.41) is -0.229. The van der Waals surface area contributed by atoms with E-state index in [0.29, 0.717) is 0 Å². The summed E-state index contributed by atoms with van der Waals surface area (Å²) in [5.41, 5.74) is 8.06. The smallest absolute Gasteiger partial charge is 0.149 e. The molecule has 3 nitrogen and oxygen atoms in total. The molecule has 0 radical (unpaired) electrons. The molecule has 0 saturated heterocycles. The van der Waals surface area contributed by atoms with Gasteiger partial charge < -0.3 is 5.73 Å². The molecule has 0 bridgehead atoms. The molecule has 2 atom stereocenters. The Bertz CT molecular complexity index is 520. The monoisotopic (exact) mass is 311 g/mol. The van der Waals surface area contributed by atoms with Crippen molar-refractivity contribution in [1.29, 1.82) is 0 Å². The second kappa shape index (κ2) is 7.83. The molecule has 1 aliphatic carbocycles. The van der Waals surface area contributed by atoms with Crippen molar-refractivity contribution in [2.24, 2.45) is 5.92 Å². The van der Waals surface area contributed by atoms with Gasteiger partial charge in [0, 0.05) is 11.9 Å². The summed E-state index contributed by atoms with van der Waals surface area (Å²) in [5.74, 6) is 1.69. The topological polar surface area (TPSA) is 60.2 Å². The van der Waals surface area contributed by atoms with Crippen molar-refractivity contribution in [2.75, 3.05) is 12.0 Å². The molecule has 0 aliphatic heterocycles. The largest absolute Gasteiger partial charge is 0.399 e. The van der Waals surface area contributed by atoms with Gasteiger partial charge in [0.25, 0.3) is 0 Å². The van der Waals surface area contributed by atoms with Crippen LogP contribution in [0, 0.1) is 5.92 Å². The van der Waals surface area contributed by atoms with Gasteiger partial charge in [0.15, 0.2) is 0 Å². The third-order valence-electron chi connectivity index (χ3n) is 4.40. The van der Waals surface area contributed by atoms with Crippen molar-refractivity contribution in [3.8, 4) is 0 Å². The highest BCUT2D eigenvalue weighted by atomic mass is 32.2. The quantitative estimate of drug-likeness (QED) is 0.858. The van der Waals surface area contributed by atoms with Crippen LogP contribution in [0.1, 0.15) is 57.9 Å². The predicted octanol–water partition coefficient (Wildman–Crippen LogP) is 4.00. The van der Waals surface area contributed by atoms with Gasteiger partial charge in [-0.2, -0.15) is 0 Å². The summed E-state index contributed by atoms with van der Waals surface area (Å²) in [6.45, 7) is 5.63. The fourth-order valence-electron chi connectivity index (χ4n) is 2.71. The molecule has 1 aliphatic rings. The Hall–Kier alpha value is -1.03. The number of hydrogen-bond acceptors (Lipinski definition) is 3. The number of benzene rings is 1. The predicted molar refractivity (Wildman–Crippen MR) is 91.2 cm³/mol. The molecular formula is C17H29NO2S. The van der Waals surface area contributed by atoms with E-state index in [4.69, 9.17) is 5.73 Å². The highest BCUT2D eigenvalue weighted by Gasteiger charge is 2.26. The van der Waals surface area contributed by atoms with Gasteiger partial charge in [-0.15, -0.1) is 0 Å². The van der Waals surface area contributed by atoms with Gasteiger partial charge >= 0.3 is 0 Å². The molecule has 2 rings (SSSR count). The SMILES string of the molecule is CC(C)S(C)(=O)=O.CCC1CCCC1c1ccc(N)cc1. The van der Waals surface area contributed by atoms with Crippen LogP contribution in [0.25, 0.3) is 0 Å². The normalized spacial score (nSPS) is 22.0. The molecule has 0 spiro atoms. The first-order valence-electron chi connectivity index (χ1n) is 7.80. The zero-order valence-corrected chi connectivity index (χ0v) is 14.5. The first-order valence-corrected chi connectivity index (χ1v) is 9.75. The lowest BCUT2D eigenvalue weighted by molar-refractivity contribution is 0.470. The second-order valence-corrected chi connectivity index (χ2v) is 8.85. The number of nitrogen functional groups attached to an aromatic ring is 1. The number of sulfone groups is 1. The average molecular weight is 311 g/mol. The van der Waals surface area contributed by atoms with Crippen LogP contribution in [-0.4, -0.2) is 19.9 Å². The molecule has 0 amide bonds. The van der Waals surface area contributed by atoms with E-state index in [2.05, 4.69) is 19.1 Å². The Morgan fingerprint density at radius 1 is 1.19 bits per heavy atom. The van der Waals surface area contributed by atoms with Crippen LogP contribution in [0.2, 0.25) is 0 Å². The molecule has 1 fully saturated rings. The van der Waals surface area contributed by atoms with E-state index >= 15 is 0 Å². The highest BCUT2D eigenvalue weighted by molar-refractivity contribution is 7.91. The molecule has 2 unspecified atom stereocenters. The van der Waals surface area contributed by atoms with Gasteiger partial charge in [-0.25, -0.2) is 8.42 Å². The average Bonchev–Trinajstić information content (AvgIpc) is 2.87. The minimum Gasteiger partial charge on any atom is -0.399 e. The van der Waals surface area contributed by atoms with Gasteiger partial charge in [0.05, 0.1) is 5.25 Å². The van der Waals surface area contributed by atoms with E-state index in [1.807, 2.05) is 12.1 Å². The highest BCUT2D eigenvalue weighted by Crippen LogP contribution is 2.41. The molecular weight excluding hydrogens is 282 g/mol. The van der Waals surface area contributed by atoms with Gasteiger partial charge in [0.1, 0.15) is 9.84 Å². The van der Waals surface area contributed by atoms with Crippen molar-refractivity contribution in [2.45, 2.75) is 57.6 Å². The van der Waals surface area contributed by atoms with Gasteiger partial charge in [-0.1, -0.05) is 31.9 Å². The Kier molecular flexibility index (Phi) is 6.72. The van der Waals surface area contributed by atoms with Gasteiger partial charge in [-0.3, -0.25) is 0 Å². The maximum atomic E-state index is 10.3. The molecule has 2 N–H and O–H groups in total. The lowest BCUT2D eigenvalue weighted by Gasteiger charge is -2.18. The summed E-state index contributed by atoms with van der Waals surface area (Å²) in [6, 6.07) is 8.46. The lowest BCUT2D eigenvalue weighted by Crippen LogP contribution is -2.10. The Morgan fingerprint density at radius 2 is 1.71 bits per heavy atom. The van der Waals surface area contributed by atoms with Crippen LogP contribution < -0.4 is 5.73 Å². The van der Waals surface area contributed by atoms with E-state index in [0.717, 1.165) is 17.5 Å². The first kappa shape index (κ1) is 18.0. The minimum atomic E-state index is -2.74. The molecule has 1 saturated carbocycles. The summed E-state index contributed by atoms with van der Waals surface area (Å²) in [4.78, 5) is 0. The third kappa shape index (κ3) is 5.70. The summed E-state index contributed by atoms with van der Waals surface area (Å²) >= 11 is 0. The van der Waals surface area contributed by atoms with Crippen molar-refractivity contribution >= 4 is 15.5 Å². The number of rotatable bonds is 3. The van der Waals surface area contributed by atoms with E-state index < -0.39 is 9.84 Å². The van der Waals surface area contributed by atoms with E-state index in [1.165, 1.54) is 37.5 Å². The van der Waals surface area contributed by atoms with Crippen LogP contribution in [0.5, 0.6) is 0 Å². The second-order valence-electron chi connectivity index (χ2n) is 6.25. The Morgan fingerprint density at radius 3 is 2.14 bits per heavy atom. The van der Waals surface area contributed by atoms with Crippen LogP contribution in [0.3, 0.4) is 0 Å². The summed E-state index contributed by atoms with van der Waals surface area (Å²) < 4.78 is 20.7. The molecule has 1 aromatic carbocycles. The Labute approximate surface area is 129 Å². The number of anilines is 1. The fraction of sp³-hybridized carbons (Fsp3) is 0.647. The van der Waals surface area contributed by atoms with Crippen LogP contribution in [0.4, 0.5) is 5.69 Å². The van der Waals surface area contributed by atoms with Crippen LogP contribution >= 0.6 is 0 Å². The first-order chi connectivity index (χ1) is 9.75. The fourth-order valence-corrected chi connectivity index (χ4v) is 2.71. The molecule has 4 heteroatoms. The molecule has 0 heterocycles. The maximum Gasteiger partial charge on any atom is 0.149 e. The van der Waals surface area contributed by atoms with Crippen molar-refractivity contribution in [3.05, 3.63) is 29.8 Å². The molecule has 0 aromatic heterocycles. The minimum absolute atomic E-state index is 0.229. The molecule has 1 aromatic rings. The van der Waals surface area contributed by atoms with Gasteiger partial charge in [-0.05, 0) is 56.2 Å². The lowest BCUT2D eigenvalue weighted by atomic mass is 9.87. The van der Waals surface area contributed by atoms with Crippen molar-refractivity contribution < 1.29 is 8.42 Å². The van der Waals surface area contributed by atoms with E-state index in [9.17, 15) is 8.42 Å². The number of nitrogens with two attached hydrogens (primary N) is 1.